The Balaban J connectivity index is 1.21. The fourth-order valence-corrected chi connectivity index (χ4v) is 7.21. The van der Waals surface area contributed by atoms with Gasteiger partial charge in [-0.15, -0.1) is 0 Å². The summed E-state index contributed by atoms with van der Waals surface area (Å²) in [5.41, 5.74) is 2.44. The number of aromatic nitrogens is 3. The van der Waals surface area contributed by atoms with E-state index in [9.17, 15) is 18.0 Å². The average Bonchev–Trinajstić information content (AvgIpc) is 3.36. The molecular formula is C41H50F3N7O3Si. The van der Waals surface area contributed by atoms with Crippen molar-refractivity contribution < 1.29 is 27.4 Å². The van der Waals surface area contributed by atoms with Crippen molar-refractivity contribution in [1.29, 1.82) is 0 Å². The van der Waals surface area contributed by atoms with Crippen LogP contribution in [0.5, 0.6) is 11.6 Å². The molecule has 2 aliphatic rings. The van der Waals surface area contributed by atoms with Gasteiger partial charge in [-0.1, -0.05) is 31.8 Å². The number of nitrogens with one attached hydrogen (secondary N) is 1. The Labute approximate surface area is 322 Å². The SMILES string of the molecule is Cc1ccc(C(=O)Nc2ccc(CN3CCN(C)CC3)c(C(F)(F)F)c2)cc1Oc1nc(-c2ccncc2)nc2c1N=CC(CCOCC[Si](C)(C)C)CC2. The molecule has 1 saturated heterocycles. The number of amides is 1. The van der Waals surface area contributed by atoms with Gasteiger partial charge in [-0.2, -0.15) is 18.2 Å². The zero-order valence-corrected chi connectivity index (χ0v) is 33.2. The maximum Gasteiger partial charge on any atom is 0.416 e. The van der Waals surface area contributed by atoms with E-state index in [0.29, 0.717) is 43.4 Å². The minimum absolute atomic E-state index is 0.0518. The molecule has 2 aromatic carbocycles. The second-order valence-corrected chi connectivity index (χ2v) is 21.3. The van der Waals surface area contributed by atoms with Gasteiger partial charge in [-0.25, -0.2) is 4.98 Å². The Morgan fingerprint density at radius 3 is 2.47 bits per heavy atom. The molecule has 0 radical (unpaired) electrons. The number of nitrogens with zero attached hydrogens (tertiary/aromatic N) is 6. The van der Waals surface area contributed by atoms with Crippen molar-refractivity contribution in [2.75, 3.05) is 51.8 Å². The smallest absolute Gasteiger partial charge is 0.416 e. The van der Waals surface area contributed by atoms with Gasteiger partial charge in [0.05, 0.1) is 11.3 Å². The van der Waals surface area contributed by atoms with Gasteiger partial charge in [0.1, 0.15) is 11.4 Å². The van der Waals surface area contributed by atoms with E-state index in [4.69, 9.17) is 24.4 Å². The molecule has 55 heavy (non-hydrogen) atoms. The van der Waals surface area contributed by atoms with Crippen LogP contribution in [-0.4, -0.2) is 91.4 Å². The van der Waals surface area contributed by atoms with Gasteiger partial charge in [0.2, 0.25) is 5.88 Å². The van der Waals surface area contributed by atoms with Crippen LogP contribution in [0.1, 0.15) is 45.6 Å². The number of anilines is 1. The Morgan fingerprint density at radius 1 is 0.982 bits per heavy atom. The quantitative estimate of drug-likeness (QED) is 0.106. The van der Waals surface area contributed by atoms with Crippen LogP contribution in [0.4, 0.5) is 24.5 Å². The van der Waals surface area contributed by atoms with E-state index in [1.807, 2.05) is 37.2 Å². The van der Waals surface area contributed by atoms with Crippen molar-refractivity contribution in [3.05, 3.63) is 88.9 Å². The van der Waals surface area contributed by atoms with Crippen LogP contribution in [0.2, 0.25) is 25.7 Å². The van der Waals surface area contributed by atoms with Crippen molar-refractivity contribution in [2.45, 2.75) is 64.6 Å². The molecule has 0 saturated carbocycles. The summed E-state index contributed by atoms with van der Waals surface area (Å²) in [6.07, 6.45) is 3.02. The number of piperazine rings is 1. The predicted molar refractivity (Wildman–Crippen MR) is 212 cm³/mol. The largest absolute Gasteiger partial charge is 0.437 e. The zero-order valence-electron chi connectivity index (χ0n) is 32.2. The Kier molecular flexibility index (Phi) is 12.8. The second kappa shape index (κ2) is 17.5. The predicted octanol–water partition coefficient (Wildman–Crippen LogP) is 8.67. The molecule has 6 rings (SSSR count). The van der Waals surface area contributed by atoms with E-state index in [1.165, 1.54) is 12.1 Å². The standard InChI is InChI=1S/C41H50F3N7O3Si/c1-28-6-8-31(39(52)47-33-10-9-32(34(25-33)41(42,43)44)27-51-19-17-50(2)18-20-51)24-36(28)54-40-37-35(48-38(49-40)30-12-15-45-16-13-30)11-7-29(26-46-37)14-21-53-22-23-55(3,4)5/h6,8-10,12-13,15-16,24-26,29H,7,11,14,17-23,27H2,1-5H3,(H,47,52). The Bertz CT molecular complexity index is 1980. The summed E-state index contributed by atoms with van der Waals surface area (Å²) < 4.78 is 55.2. The van der Waals surface area contributed by atoms with Gasteiger partial charge < -0.3 is 19.7 Å². The molecule has 10 nitrogen and oxygen atoms in total. The molecule has 292 valence electrons. The first-order valence-corrected chi connectivity index (χ1v) is 22.6. The molecule has 1 atom stereocenters. The van der Waals surface area contributed by atoms with E-state index < -0.39 is 25.7 Å². The van der Waals surface area contributed by atoms with Crippen molar-refractivity contribution in [3.8, 4) is 23.0 Å². The zero-order chi connectivity index (χ0) is 39.2. The lowest BCUT2D eigenvalue weighted by Crippen LogP contribution is -2.44. The van der Waals surface area contributed by atoms with E-state index in [2.05, 4.69) is 34.8 Å². The van der Waals surface area contributed by atoms with Crippen LogP contribution in [0, 0.1) is 12.8 Å². The lowest BCUT2D eigenvalue weighted by Gasteiger charge is -2.33. The number of aliphatic imine (C=N–C) groups is 1. The summed E-state index contributed by atoms with van der Waals surface area (Å²) in [7, 11) is 0.834. The third-order valence-corrected chi connectivity index (χ3v) is 11.7. The summed E-state index contributed by atoms with van der Waals surface area (Å²) in [6, 6.07) is 13.7. The molecule has 0 spiro atoms. The number of ether oxygens (including phenoxy) is 2. The minimum atomic E-state index is -4.58. The fourth-order valence-electron chi connectivity index (χ4n) is 6.46. The molecule has 14 heteroatoms. The number of carbonyl (C=O) groups excluding carboxylic acids is 1. The topological polar surface area (TPSA) is 105 Å². The van der Waals surface area contributed by atoms with Crippen molar-refractivity contribution >= 4 is 31.6 Å². The molecule has 1 N–H and O–H groups in total. The number of rotatable bonds is 13. The van der Waals surface area contributed by atoms with Gasteiger partial charge in [0.15, 0.2) is 5.82 Å². The van der Waals surface area contributed by atoms with Crippen molar-refractivity contribution in [3.63, 3.8) is 0 Å². The monoisotopic (exact) mass is 773 g/mol. The van der Waals surface area contributed by atoms with Gasteiger partial charge >= 0.3 is 6.18 Å². The molecule has 2 aromatic heterocycles. The maximum absolute atomic E-state index is 14.2. The number of hydrogen-bond donors (Lipinski definition) is 1. The van der Waals surface area contributed by atoms with E-state index in [0.717, 1.165) is 61.5 Å². The fraction of sp³-hybridized carbons (Fsp3) is 0.439. The van der Waals surface area contributed by atoms with Crippen molar-refractivity contribution in [2.24, 2.45) is 10.9 Å². The molecule has 1 amide bonds. The minimum Gasteiger partial charge on any atom is -0.437 e. The normalized spacial score (nSPS) is 16.8. The van der Waals surface area contributed by atoms with E-state index >= 15 is 0 Å². The van der Waals surface area contributed by atoms with Crippen LogP contribution in [0.3, 0.4) is 0 Å². The second-order valence-electron chi connectivity index (χ2n) is 15.7. The highest BCUT2D eigenvalue weighted by Crippen LogP contribution is 2.39. The number of halogens is 3. The molecule has 1 fully saturated rings. The lowest BCUT2D eigenvalue weighted by molar-refractivity contribution is -0.138. The summed E-state index contributed by atoms with van der Waals surface area (Å²) in [5, 5.41) is 2.67. The third-order valence-electron chi connectivity index (χ3n) is 9.98. The molecule has 1 unspecified atom stereocenters. The number of pyridine rings is 1. The Morgan fingerprint density at radius 2 is 1.75 bits per heavy atom. The van der Waals surface area contributed by atoms with Gasteiger partial charge in [-0.05, 0) is 92.7 Å². The first kappa shape index (κ1) is 40.2. The average molecular weight is 774 g/mol. The molecule has 0 bridgehead atoms. The summed E-state index contributed by atoms with van der Waals surface area (Å²) in [5.74, 6) is 0.677. The van der Waals surface area contributed by atoms with Crippen LogP contribution in [0.15, 0.2) is 65.9 Å². The number of carbonyl (C=O) groups is 1. The first-order valence-electron chi connectivity index (χ1n) is 18.9. The third kappa shape index (κ3) is 11.1. The number of fused-ring (bicyclic) bond motifs is 1. The lowest BCUT2D eigenvalue weighted by atomic mass is 10.0. The van der Waals surface area contributed by atoms with E-state index in [-0.39, 0.29) is 35.2 Å². The van der Waals surface area contributed by atoms with Gasteiger partial charge in [-0.3, -0.25) is 19.7 Å². The maximum atomic E-state index is 14.2. The molecule has 0 aliphatic carbocycles. The molecular weight excluding hydrogens is 724 g/mol. The van der Waals surface area contributed by atoms with E-state index in [1.54, 1.807) is 30.6 Å². The van der Waals surface area contributed by atoms with Crippen molar-refractivity contribution in [1.82, 2.24) is 24.8 Å². The highest BCUT2D eigenvalue weighted by atomic mass is 28.3. The first-order chi connectivity index (χ1) is 26.2. The summed E-state index contributed by atoms with van der Waals surface area (Å²) >= 11 is 0. The van der Waals surface area contributed by atoms with Crippen LogP contribution in [0.25, 0.3) is 11.4 Å². The van der Waals surface area contributed by atoms with Crippen LogP contribution >= 0.6 is 0 Å². The number of benzene rings is 2. The Hall–Kier alpha value is -4.50. The van der Waals surface area contributed by atoms with Gasteiger partial charge in [0, 0.05) is 89.4 Å². The summed E-state index contributed by atoms with van der Waals surface area (Å²) in [6.45, 7) is 13.4. The highest BCUT2D eigenvalue weighted by molar-refractivity contribution is 6.76. The number of likely N-dealkylation sites (N-methyl/N-ethyl adjacent to an activating group) is 1. The van der Waals surface area contributed by atoms with Crippen LogP contribution < -0.4 is 10.1 Å². The molecule has 4 heterocycles. The highest BCUT2D eigenvalue weighted by Gasteiger charge is 2.34. The number of aryl methyl sites for hydroxylation is 2. The number of hydrogen-bond acceptors (Lipinski definition) is 9. The summed E-state index contributed by atoms with van der Waals surface area (Å²) in [4.78, 5) is 36.3. The molecule has 4 aromatic rings. The van der Waals surface area contributed by atoms with Crippen LogP contribution in [-0.2, 0) is 23.9 Å². The number of alkyl halides is 3. The van der Waals surface area contributed by atoms with Gasteiger partial charge in [0.25, 0.3) is 5.91 Å². The molecule has 2 aliphatic heterocycles.